The standard InChI is InChI=1S/C14H18N3O.K/c1-15-13(18)17-8-6-14(7-9-17)10-16-12-5-3-2-4-11(12)14;/h2-5H,6-10H2,1H3,(H,15,18);/q-1;+1. The van der Waals surface area contributed by atoms with E-state index in [1.54, 1.807) is 7.05 Å². The quantitative estimate of drug-likeness (QED) is 0.634. The number of hydrogen-bond acceptors (Lipinski definition) is 1. The summed E-state index contributed by atoms with van der Waals surface area (Å²) < 4.78 is 0. The normalized spacial score (nSPS) is 19.3. The molecule has 2 heterocycles. The number of para-hydroxylation sites is 1. The summed E-state index contributed by atoms with van der Waals surface area (Å²) in [6.45, 7) is 2.53. The fraction of sp³-hybridized carbons (Fsp3) is 0.500. The molecular weight excluding hydrogens is 265 g/mol. The van der Waals surface area contributed by atoms with Crippen LogP contribution in [-0.4, -0.2) is 37.6 Å². The minimum atomic E-state index is 0. The van der Waals surface area contributed by atoms with Gasteiger partial charge in [-0.05, 0) is 18.3 Å². The molecule has 2 amide bonds. The van der Waals surface area contributed by atoms with Gasteiger partial charge in [-0.2, -0.15) is 0 Å². The fourth-order valence-electron chi connectivity index (χ4n) is 3.11. The van der Waals surface area contributed by atoms with Crippen LogP contribution in [0.3, 0.4) is 0 Å². The predicted octanol–water partition coefficient (Wildman–Crippen LogP) is -0.618. The molecule has 0 radical (unpaired) electrons. The summed E-state index contributed by atoms with van der Waals surface area (Å²) in [5.41, 5.74) is 2.70. The van der Waals surface area contributed by atoms with Gasteiger partial charge in [-0.25, -0.2) is 4.79 Å². The van der Waals surface area contributed by atoms with Gasteiger partial charge in [0.05, 0.1) is 0 Å². The maximum absolute atomic E-state index is 11.6. The molecule has 19 heavy (non-hydrogen) atoms. The van der Waals surface area contributed by atoms with Crippen LogP contribution in [-0.2, 0) is 5.41 Å². The van der Waals surface area contributed by atoms with Crippen molar-refractivity contribution in [3.8, 4) is 0 Å². The molecule has 0 unspecified atom stereocenters. The zero-order valence-electron chi connectivity index (χ0n) is 11.6. The van der Waals surface area contributed by atoms with E-state index in [9.17, 15) is 4.79 Å². The summed E-state index contributed by atoms with van der Waals surface area (Å²) in [4.78, 5) is 13.5. The van der Waals surface area contributed by atoms with Crippen LogP contribution in [0.15, 0.2) is 24.3 Å². The first kappa shape index (κ1) is 15.3. The summed E-state index contributed by atoms with van der Waals surface area (Å²) in [6, 6.07) is 8.46. The number of rotatable bonds is 0. The molecule has 0 saturated carbocycles. The Hall–Kier alpha value is -0.0736. The second-order valence-electron chi connectivity index (χ2n) is 5.16. The van der Waals surface area contributed by atoms with Crippen molar-refractivity contribution >= 4 is 11.7 Å². The number of urea groups is 1. The van der Waals surface area contributed by atoms with Gasteiger partial charge >= 0.3 is 57.4 Å². The molecule has 0 bridgehead atoms. The van der Waals surface area contributed by atoms with E-state index >= 15 is 0 Å². The van der Waals surface area contributed by atoms with Crippen LogP contribution < -0.4 is 56.7 Å². The molecule has 0 atom stereocenters. The second kappa shape index (κ2) is 6.14. The molecule has 0 aromatic heterocycles. The number of benzene rings is 1. The van der Waals surface area contributed by atoms with E-state index in [2.05, 4.69) is 28.8 Å². The molecule has 2 aliphatic heterocycles. The van der Waals surface area contributed by atoms with E-state index in [1.165, 1.54) is 5.56 Å². The number of carbonyl (C=O) groups excluding carboxylic acids is 1. The molecule has 2 aliphatic rings. The Bertz CT molecular complexity index is 470. The van der Waals surface area contributed by atoms with Gasteiger partial charge in [-0.15, -0.1) is 12.2 Å². The van der Waals surface area contributed by atoms with Crippen LogP contribution in [0.2, 0.25) is 0 Å². The van der Waals surface area contributed by atoms with Gasteiger partial charge in [-0.3, -0.25) is 0 Å². The Balaban J connectivity index is 0.00000133. The number of nitrogens with one attached hydrogen (secondary N) is 1. The molecule has 96 valence electrons. The summed E-state index contributed by atoms with van der Waals surface area (Å²) in [6.07, 6.45) is 2.03. The SMILES string of the molecule is CNC(=O)N1CCC2(CC1)C[N-]c1ccccc12.[K+]. The zero-order chi connectivity index (χ0) is 12.6. The first-order valence-electron chi connectivity index (χ1n) is 6.49. The summed E-state index contributed by atoms with van der Waals surface area (Å²) in [7, 11) is 1.69. The third kappa shape index (κ3) is 2.71. The average Bonchev–Trinajstić information content (AvgIpc) is 2.78. The Morgan fingerprint density at radius 1 is 1.32 bits per heavy atom. The number of carbonyl (C=O) groups is 1. The van der Waals surface area contributed by atoms with Gasteiger partial charge < -0.3 is 15.5 Å². The van der Waals surface area contributed by atoms with E-state index in [0.717, 1.165) is 38.2 Å². The number of likely N-dealkylation sites (tertiary alicyclic amines) is 1. The van der Waals surface area contributed by atoms with Crippen LogP contribution in [0.4, 0.5) is 10.5 Å². The van der Waals surface area contributed by atoms with E-state index < -0.39 is 0 Å². The molecule has 1 aromatic carbocycles. The molecule has 1 fully saturated rings. The van der Waals surface area contributed by atoms with Crippen LogP contribution in [0.25, 0.3) is 5.32 Å². The number of amides is 2. The van der Waals surface area contributed by atoms with Crippen molar-refractivity contribution in [1.82, 2.24) is 10.2 Å². The molecule has 1 aromatic rings. The zero-order valence-corrected chi connectivity index (χ0v) is 14.8. The van der Waals surface area contributed by atoms with Gasteiger partial charge in [-0.1, -0.05) is 29.8 Å². The molecule has 3 rings (SSSR count). The van der Waals surface area contributed by atoms with Crippen molar-refractivity contribution in [2.75, 3.05) is 26.7 Å². The predicted molar refractivity (Wildman–Crippen MR) is 71.3 cm³/mol. The number of fused-ring (bicyclic) bond motifs is 2. The van der Waals surface area contributed by atoms with Crippen LogP contribution in [0.1, 0.15) is 18.4 Å². The minimum Gasteiger partial charge on any atom is -0.683 e. The topological polar surface area (TPSA) is 46.4 Å². The van der Waals surface area contributed by atoms with Crippen molar-refractivity contribution in [3.63, 3.8) is 0 Å². The first-order valence-corrected chi connectivity index (χ1v) is 6.49. The number of piperidine rings is 1. The minimum absolute atomic E-state index is 0. The smallest absolute Gasteiger partial charge is 0.683 e. The maximum Gasteiger partial charge on any atom is 1.00 e. The van der Waals surface area contributed by atoms with Gasteiger partial charge in [0, 0.05) is 20.1 Å². The van der Waals surface area contributed by atoms with Crippen LogP contribution in [0, 0.1) is 0 Å². The Kier molecular flexibility index (Phi) is 4.95. The fourth-order valence-corrected chi connectivity index (χ4v) is 3.11. The van der Waals surface area contributed by atoms with Crippen LogP contribution in [0.5, 0.6) is 0 Å². The van der Waals surface area contributed by atoms with Gasteiger partial charge in [0.1, 0.15) is 0 Å². The summed E-state index contributed by atoms with van der Waals surface area (Å²) >= 11 is 0. The van der Waals surface area contributed by atoms with Crippen molar-refractivity contribution < 1.29 is 56.2 Å². The molecular formula is C14H18KN3O. The van der Waals surface area contributed by atoms with E-state index in [4.69, 9.17) is 0 Å². The van der Waals surface area contributed by atoms with Crippen LogP contribution >= 0.6 is 0 Å². The van der Waals surface area contributed by atoms with E-state index in [-0.39, 0.29) is 62.8 Å². The van der Waals surface area contributed by atoms with E-state index in [0.29, 0.717) is 0 Å². The first-order chi connectivity index (χ1) is 8.75. The van der Waals surface area contributed by atoms with Gasteiger partial charge in [0.2, 0.25) is 0 Å². The van der Waals surface area contributed by atoms with E-state index in [1.807, 2.05) is 11.0 Å². The van der Waals surface area contributed by atoms with Crippen molar-refractivity contribution in [3.05, 3.63) is 35.1 Å². The van der Waals surface area contributed by atoms with Gasteiger partial charge in [0.25, 0.3) is 0 Å². The molecule has 4 nitrogen and oxygen atoms in total. The number of nitrogens with zero attached hydrogens (tertiary/aromatic N) is 2. The average molecular weight is 283 g/mol. The Morgan fingerprint density at radius 2 is 2.00 bits per heavy atom. The van der Waals surface area contributed by atoms with Crippen molar-refractivity contribution in [1.29, 1.82) is 0 Å². The molecule has 1 saturated heterocycles. The maximum atomic E-state index is 11.6. The third-order valence-electron chi connectivity index (χ3n) is 4.25. The molecule has 5 heteroatoms. The van der Waals surface area contributed by atoms with Gasteiger partial charge in [0.15, 0.2) is 0 Å². The molecule has 1 spiro atoms. The molecule has 0 aliphatic carbocycles. The summed E-state index contributed by atoms with van der Waals surface area (Å²) in [5.74, 6) is 0. The Labute approximate surface area is 156 Å². The summed E-state index contributed by atoms with van der Waals surface area (Å²) in [5, 5.41) is 7.34. The molecule has 1 N–H and O–H groups in total. The number of hydrogen-bond donors (Lipinski definition) is 1. The Morgan fingerprint density at radius 3 is 2.68 bits per heavy atom. The van der Waals surface area contributed by atoms with Crippen molar-refractivity contribution in [2.24, 2.45) is 0 Å². The third-order valence-corrected chi connectivity index (χ3v) is 4.25. The second-order valence-corrected chi connectivity index (χ2v) is 5.16. The largest absolute Gasteiger partial charge is 1.00 e. The monoisotopic (exact) mass is 283 g/mol. The van der Waals surface area contributed by atoms with Crippen molar-refractivity contribution in [2.45, 2.75) is 18.3 Å².